The summed E-state index contributed by atoms with van der Waals surface area (Å²) in [5.74, 6) is -0.252. The van der Waals surface area contributed by atoms with E-state index in [0.29, 0.717) is 31.9 Å². The Labute approximate surface area is 157 Å². The number of benzene rings is 1. The highest BCUT2D eigenvalue weighted by molar-refractivity contribution is 5.94. The van der Waals surface area contributed by atoms with Gasteiger partial charge in [0.25, 0.3) is 0 Å². The molecule has 2 heterocycles. The second-order valence-electron chi connectivity index (χ2n) is 7.19. The molecule has 1 aliphatic heterocycles. The largest absolute Gasteiger partial charge is 0.368 e. The van der Waals surface area contributed by atoms with Gasteiger partial charge < -0.3 is 9.80 Å². The first-order valence-corrected chi connectivity index (χ1v) is 9.40. The van der Waals surface area contributed by atoms with Crippen molar-refractivity contribution in [2.75, 3.05) is 31.1 Å². The zero-order chi connectivity index (χ0) is 19.0. The third kappa shape index (κ3) is 3.46. The number of hydrogen-bond donors (Lipinski definition) is 0. The summed E-state index contributed by atoms with van der Waals surface area (Å²) in [4.78, 5) is 28.5. The van der Waals surface area contributed by atoms with Crippen molar-refractivity contribution in [1.82, 2.24) is 14.7 Å². The molecule has 1 aromatic carbocycles. The predicted octanol–water partition coefficient (Wildman–Crippen LogP) is 2.06. The number of rotatable bonds is 4. The van der Waals surface area contributed by atoms with Crippen LogP contribution in [0.5, 0.6) is 0 Å². The maximum absolute atomic E-state index is 13.1. The second kappa shape index (κ2) is 7.13. The van der Waals surface area contributed by atoms with E-state index in [1.54, 1.807) is 16.8 Å². The average Bonchev–Trinajstić information content (AvgIpc) is 3.26. The number of carbonyl (C=O) groups excluding carboxylic acids is 2. The lowest BCUT2D eigenvalue weighted by Gasteiger charge is -2.36. The Bertz CT molecular complexity index is 867. The molecule has 27 heavy (non-hydrogen) atoms. The van der Waals surface area contributed by atoms with Crippen molar-refractivity contribution in [3.05, 3.63) is 47.0 Å². The van der Waals surface area contributed by atoms with Crippen molar-refractivity contribution in [3.63, 3.8) is 0 Å². The number of aromatic nitrogens is 2. The van der Waals surface area contributed by atoms with Gasteiger partial charge in [0.2, 0.25) is 5.91 Å². The number of nitrogens with zero attached hydrogens (tertiary/aromatic N) is 4. The summed E-state index contributed by atoms with van der Waals surface area (Å²) in [5, 5.41) is 4.41. The lowest BCUT2D eigenvalue weighted by atomic mass is 10.1. The highest BCUT2D eigenvalue weighted by Gasteiger charge is 2.27. The summed E-state index contributed by atoms with van der Waals surface area (Å²) in [6, 6.07) is 6.45. The van der Waals surface area contributed by atoms with Crippen molar-refractivity contribution in [3.8, 4) is 0 Å². The maximum Gasteiger partial charge on any atom is 0.244 e. The molecule has 142 valence electrons. The van der Waals surface area contributed by atoms with Gasteiger partial charge in [-0.05, 0) is 43.5 Å². The molecule has 1 aromatic heterocycles. The minimum atomic E-state index is -0.246. The third-order valence-electron chi connectivity index (χ3n) is 5.45. The Kier molecular flexibility index (Phi) is 4.68. The number of hydrogen-bond acceptors (Lipinski definition) is 4. The van der Waals surface area contributed by atoms with Crippen molar-refractivity contribution in [2.45, 2.75) is 32.7 Å². The molecule has 6 nitrogen and oxygen atoms in total. The molecule has 0 radical (unpaired) electrons. The van der Waals surface area contributed by atoms with Gasteiger partial charge in [0, 0.05) is 50.0 Å². The molecule has 0 saturated carbocycles. The van der Waals surface area contributed by atoms with Crippen LogP contribution >= 0.6 is 0 Å². The first-order valence-electron chi connectivity index (χ1n) is 9.40. The van der Waals surface area contributed by atoms with Crippen molar-refractivity contribution >= 4 is 17.4 Å². The van der Waals surface area contributed by atoms with Gasteiger partial charge in [-0.15, -0.1) is 0 Å². The van der Waals surface area contributed by atoms with E-state index >= 15 is 0 Å². The molecule has 1 amide bonds. The number of ketones is 1. The van der Waals surface area contributed by atoms with E-state index in [1.807, 2.05) is 4.90 Å². The fourth-order valence-corrected chi connectivity index (χ4v) is 4.02. The molecule has 0 atom stereocenters. The Hall–Kier alpha value is -2.70. The molecule has 0 unspecified atom stereocenters. The minimum absolute atomic E-state index is 0.0288. The van der Waals surface area contributed by atoms with E-state index in [-0.39, 0.29) is 24.1 Å². The number of piperazine rings is 1. The van der Waals surface area contributed by atoms with Crippen LogP contribution in [0.25, 0.3) is 0 Å². The molecular formula is C20H23FN4O2. The van der Waals surface area contributed by atoms with Crippen LogP contribution in [0.15, 0.2) is 24.3 Å². The molecule has 2 aromatic rings. The van der Waals surface area contributed by atoms with Gasteiger partial charge >= 0.3 is 0 Å². The highest BCUT2D eigenvalue weighted by atomic mass is 19.1. The van der Waals surface area contributed by atoms with E-state index in [9.17, 15) is 14.0 Å². The molecule has 1 saturated heterocycles. The molecule has 0 spiro atoms. The van der Waals surface area contributed by atoms with Crippen molar-refractivity contribution < 1.29 is 14.0 Å². The van der Waals surface area contributed by atoms with Crippen LogP contribution in [0.1, 0.15) is 35.1 Å². The number of Topliss-reactive ketones (excluding diaryl/α,β-unsaturated/α-hetero) is 1. The number of anilines is 1. The molecule has 1 fully saturated rings. The van der Waals surface area contributed by atoms with E-state index in [2.05, 4.69) is 10.00 Å². The lowest BCUT2D eigenvalue weighted by Crippen LogP contribution is -2.49. The van der Waals surface area contributed by atoms with Gasteiger partial charge in [-0.2, -0.15) is 5.10 Å². The first kappa shape index (κ1) is 17.7. The smallest absolute Gasteiger partial charge is 0.244 e. The zero-order valence-corrected chi connectivity index (χ0v) is 15.4. The van der Waals surface area contributed by atoms with Crippen LogP contribution in [0, 0.1) is 5.82 Å². The molecule has 0 bridgehead atoms. The van der Waals surface area contributed by atoms with Crippen molar-refractivity contribution in [2.24, 2.45) is 0 Å². The Morgan fingerprint density at radius 3 is 2.44 bits per heavy atom. The van der Waals surface area contributed by atoms with E-state index in [4.69, 9.17) is 0 Å². The summed E-state index contributed by atoms with van der Waals surface area (Å²) >= 11 is 0. The Balaban J connectivity index is 1.40. The van der Waals surface area contributed by atoms with Crippen LogP contribution in [0.4, 0.5) is 10.1 Å². The summed E-state index contributed by atoms with van der Waals surface area (Å²) in [6.07, 6.45) is 2.76. The van der Waals surface area contributed by atoms with Crippen LogP contribution < -0.4 is 4.90 Å². The van der Waals surface area contributed by atoms with E-state index < -0.39 is 0 Å². The van der Waals surface area contributed by atoms with Crippen LogP contribution in [0.2, 0.25) is 0 Å². The quantitative estimate of drug-likeness (QED) is 0.773. The molecule has 7 heteroatoms. The molecule has 1 aliphatic carbocycles. The van der Waals surface area contributed by atoms with E-state index in [1.165, 1.54) is 19.1 Å². The van der Waals surface area contributed by atoms with Gasteiger partial charge in [0.1, 0.15) is 18.1 Å². The van der Waals surface area contributed by atoms with Crippen LogP contribution in [-0.4, -0.2) is 52.5 Å². The van der Waals surface area contributed by atoms with Gasteiger partial charge in [-0.25, -0.2) is 4.39 Å². The predicted molar refractivity (Wildman–Crippen MR) is 99.4 cm³/mol. The van der Waals surface area contributed by atoms with Gasteiger partial charge in [-0.1, -0.05) is 0 Å². The lowest BCUT2D eigenvalue weighted by molar-refractivity contribution is -0.132. The maximum atomic E-state index is 13.1. The topological polar surface area (TPSA) is 58.4 Å². The summed E-state index contributed by atoms with van der Waals surface area (Å²) in [7, 11) is 0. The summed E-state index contributed by atoms with van der Waals surface area (Å²) < 4.78 is 14.8. The SMILES string of the molecule is CC(=O)c1nn(CC(=O)N2CCN(c3ccc(F)cc3)CC2)c2c1CCC2. The van der Waals surface area contributed by atoms with Gasteiger partial charge in [-0.3, -0.25) is 14.3 Å². The molecular weight excluding hydrogens is 347 g/mol. The molecule has 2 aliphatic rings. The fourth-order valence-electron chi connectivity index (χ4n) is 4.02. The summed E-state index contributed by atoms with van der Waals surface area (Å²) in [6.45, 7) is 4.40. The third-order valence-corrected chi connectivity index (χ3v) is 5.45. The van der Waals surface area contributed by atoms with E-state index in [0.717, 1.165) is 36.2 Å². The highest BCUT2D eigenvalue weighted by Crippen LogP contribution is 2.26. The van der Waals surface area contributed by atoms with Crippen LogP contribution in [-0.2, 0) is 24.2 Å². The monoisotopic (exact) mass is 370 g/mol. The number of fused-ring (bicyclic) bond motifs is 1. The summed E-state index contributed by atoms with van der Waals surface area (Å²) in [5.41, 5.74) is 3.56. The fraction of sp³-hybridized carbons (Fsp3) is 0.450. The van der Waals surface area contributed by atoms with Gasteiger partial charge in [0.05, 0.1) is 0 Å². The zero-order valence-electron chi connectivity index (χ0n) is 15.4. The molecule has 0 N–H and O–H groups in total. The second-order valence-corrected chi connectivity index (χ2v) is 7.19. The average molecular weight is 370 g/mol. The van der Waals surface area contributed by atoms with Crippen molar-refractivity contribution in [1.29, 1.82) is 0 Å². The standard InChI is InChI=1S/C20H23FN4O2/c1-14(26)20-17-3-2-4-18(17)25(22-20)13-19(27)24-11-9-23(10-12-24)16-7-5-15(21)6-8-16/h5-8H,2-4,9-13H2,1H3. The molecule has 4 rings (SSSR count). The Morgan fingerprint density at radius 2 is 1.78 bits per heavy atom. The number of amides is 1. The first-order chi connectivity index (χ1) is 13.0. The normalized spacial score (nSPS) is 16.5. The minimum Gasteiger partial charge on any atom is -0.368 e. The number of carbonyl (C=O) groups is 2. The Morgan fingerprint density at radius 1 is 1.07 bits per heavy atom. The number of halogens is 1. The van der Waals surface area contributed by atoms with Gasteiger partial charge in [0.15, 0.2) is 5.78 Å². The van der Waals surface area contributed by atoms with Crippen LogP contribution in [0.3, 0.4) is 0 Å².